The molecule has 1 amide bonds. The van der Waals surface area contributed by atoms with Crippen LogP contribution in [0.25, 0.3) is 0 Å². The van der Waals surface area contributed by atoms with Crippen LogP contribution < -0.4 is 5.32 Å². The van der Waals surface area contributed by atoms with Gasteiger partial charge in [-0.05, 0) is 50.6 Å². The van der Waals surface area contributed by atoms with Gasteiger partial charge in [0.2, 0.25) is 5.91 Å². The molecule has 108 valence electrons. The van der Waals surface area contributed by atoms with Crippen LogP contribution in [0.2, 0.25) is 0 Å². The van der Waals surface area contributed by atoms with E-state index < -0.39 is 0 Å². The Morgan fingerprint density at radius 2 is 1.79 bits per heavy atom. The summed E-state index contributed by atoms with van der Waals surface area (Å²) in [6.45, 7) is 4.73. The van der Waals surface area contributed by atoms with E-state index in [0.29, 0.717) is 25.0 Å². The van der Waals surface area contributed by atoms with Crippen LogP contribution in [0.15, 0.2) is 0 Å². The molecule has 19 heavy (non-hydrogen) atoms. The van der Waals surface area contributed by atoms with Gasteiger partial charge in [0.15, 0.2) is 0 Å². The van der Waals surface area contributed by atoms with E-state index in [9.17, 15) is 4.79 Å². The van der Waals surface area contributed by atoms with Crippen molar-refractivity contribution in [1.29, 1.82) is 0 Å². The van der Waals surface area contributed by atoms with Gasteiger partial charge in [-0.3, -0.25) is 4.79 Å². The van der Waals surface area contributed by atoms with Crippen molar-refractivity contribution in [2.75, 3.05) is 32.8 Å². The van der Waals surface area contributed by atoms with Crippen LogP contribution in [0.4, 0.5) is 0 Å². The number of nitrogens with one attached hydrogen (secondary N) is 1. The van der Waals surface area contributed by atoms with Crippen LogP contribution in [0.1, 0.15) is 38.5 Å². The molecule has 0 spiro atoms. The number of likely N-dealkylation sites (tertiary alicyclic amines) is 1. The molecule has 0 aromatic heterocycles. The van der Waals surface area contributed by atoms with E-state index in [1.165, 1.54) is 19.3 Å². The highest BCUT2D eigenvalue weighted by Crippen LogP contribution is 2.37. The van der Waals surface area contributed by atoms with Gasteiger partial charge in [-0.1, -0.05) is 6.42 Å². The minimum Gasteiger partial charge on any atom is -0.378 e. The number of nitrogens with zero attached hydrogens (tertiary/aromatic N) is 1. The molecule has 3 fully saturated rings. The second-order valence-electron chi connectivity index (χ2n) is 6.32. The Balaban J connectivity index is 1.35. The van der Waals surface area contributed by atoms with Gasteiger partial charge < -0.3 is 15.0 Å². The maximum Gasteiger partial charge on any atom is 0.224 e. The standard InChI is InChI=1S/C15H26N2O2/c18-15(6-9-19-14-4-7-16-8-5-14)17-10-12-2-1-3-13(12)11-17/h12-14,16H,1-11H2. The lowest BCUT2D eigenvalue weighted by Crippen LogP contribution is -2.34. The first-order chi connectivity index (χ1) is 9.33. The number of carbonyl (C=O) groups is 1. The number of carbonyl (C=O) groups excluding carboxylic acids is 1. The first kappa shape index (κ1) is 13.4. The van der Waals surface area contributed by atoms with Gasteiger partial charge in [0.05, 0.1) is 19.1 Å². The van der Waals surface area contributed by atoms with Crippen molar-refractivity contribution in [3.63, 3.8) is 0 Å². The van der Waals surface area contributed by atoms with Gasteiger partial charge >= 0.3 is 0 Å². The lowest BCUT2D eigenvalue weighted by atomic mass is 10.0. The topological polar surface area (TPSA) is 41.6 Å². The third-order valence-electron chi connectivity index (χ3n) is 5.03. The SMILES string of the molecule is O=C(CCOC1CCNCC1)N1CC2CCCC2C1. The van der Waals surface area contributed by atoms with Gasteiger partial charge in [0.1, 0.15) is 0 Å². The molecule has 2 unspecified atom stereocenters. The van der Waals surface area contributed by atoms with Crippen molar-refractivity contribution in [3.8, 4) is 0 Å². The van der Waals surface area contributed by atoms with Crippen LogP contribution in [-0.4, -0.2) is 49.7 Å². The summed E-state index contributed by atoms with van der Waals surface area (Å²) in [6.07, 6.45) is 7.15. The Bertz CT molecular complexity index is 303. The highest BCUT2D eigenvalue weighted by Gasteiger charge is 2.37. The van der Waals surface area contributed by atoms with E-state index in [2.05, 4.69) is 10.2 Å². The Labute approximate surface area is 115 Å². The van der Waals surface area contributed by atoms with Gasteiger partial charge in [0, 0.05) is 13.1 Å². The fraction of sp³-hybridized carbons (Fsp3) is 0.933. The Morgan fingerprint density at radius 3 is 2.47 bits per heavy atom. The zero-order chi connectivity index (χ0) is 13.1. The Morgan fingerprint density at radius 1 is 1.11 bits per heavy atom. The summed E-state index contributed by atoms with van der Waals surface area (Å²) in [5.41, 5.74) is 0. The van der Waals surface area contributed by atoms with Crippen molar-refractivity contribution in [1.82, 2.24) is 10.2 Å². The van der Waals surface area contributed by atoms with Crippen molar-refractivity contribution in [3.05, 3.63) is 0 Å². The molecule has 4 nitrogen and oxygen atoms in total. The summed E-state index contributed by atoms with van der Waals surface area (Å²) in [4.78, 5) is 14.2. The molecule has 4 heteroatoms. The normalized spacial score (nSPS) is 31.7. The predicted molar refractivity (Wildman–Crippen MR) is 73.9 cm³/mol. The summed E-state index contributed by atoms with van der Waals surface area (Å²) in [5, 5.41) is 3.33. The van der Waals surface area contributed by atoms with Crippen LogP contribution in [0.5, 0.6) is 0 Å². The fourth-order valence-corrected chi connectivity index (χ4v) is 3.87. The van der Waals surface area contributed by atoms with Crippen LogP contribution >= 0.6 is 0 Å². The van der Waals surface area contributed by atoms with E-state index in [4.69, 9.17) is 4.74 Å². The Hall–Kier alpha value is -0.610. The van der Waals surface area contributed by atoms with E-state index in [1.807, 2.05) is 0 Å². The molecule has 2 atom stereocenters. The molecule has 0 aromatic carbocycles. The van der Waals surface area contributed by atoms with Gasteiger partial charge in [-0.2, -0.15) is 0 Å². The highest BCUT2D eigenvalue weighted by atomic mass is 16.5. The minimum absolute atomic E-state index is 0.309. The van der Waals surface area contributed by atoms with Crippen molar-refractivity contribution < 1.29 is 9.53 Å². The molecule has 0 bridgehead atoms. The third-order valence-corrected chi connectivity index (χ3v) is 5.03. The molecule has 2 saturated heterocycles. The monoisotopic (exact) mass is 266 g/mol. The second kappa shape index (κ2) is 6.23. The first-order valence-electron chi connectivity index (χ1n) is 7.93. The predicted octanol–water partition coefficient (Wildman–Crippen LogP) is 1.40. The van der Waals surface area contributed by atoms with Crippen LogP contribution in [-0.2, 0) is 9.53 Å². The molecular weight excluding hydrogens is 240 g/mol. The number of hydrogen-bond acceptors (Lipinski definition) is 3. The van der Waals surface area contributed by atoms with Crippen LogP contribution in [0.3, 0.4) is 0 Å². The van der Waals surface area contributed by atoms with E-state index >= 15 is 0 Å². The minimum atomic E-state index is 0.309. The number of rotatable bonds is 4. The summed E-state index contributed by atoms with van der Waals surface area (Å²) < 4.78 is 5.82. The molecule has 1 saturated carbocycles. The van der Waals surface area contributed by atoms with Crippen molar-refractivity contribution >= 4 is 5.91 Å². The molecule has 2 aliphatic heterocycles. The summed E-state index contributed by atoms with van der Waals surface area (Å²) in [6, 6.07) is 0. The zero-order valence-electron chi connectivity index (χ0n) is 11.8. The number of amides is 1. The summed E-state index contributed by atoms with van der Waals surface area (Å²) in [5.74, 6) is 1.91. The van der Waals surface area contributed by atoms with Gasteiger partial charge in [-0.25, -0.2) is 0 Å². The quantitative estimate of drug-likeness (QED) is 0.836. The fourth-order valence-electron chi connectivity index (χ4n) is 3.87. The molecule has 1 N–H and O–H groups in total. The summed E-state index contributed by atoms with van der Waals surface area (Å²) >= 11 is 0. The number of ether oxygens (including phenoxy) is 1. The van der Waals surface area contributed by atoms with E-state index in [-0.39, 0.29) is 0 Å². The molecule has 3 rings (SSSR count). The number of hydrogen-bond donors (Lipinski definition) is 1. The van der Waals surface area contributed by atoms with Crippen molar-refractivity contribution in [2.45, 2.75) is 44.6 Å². The maximum absolute atomic E-state index is 12.2. The molecule has 0 aromatic rings. The average Bonchev–Trinajstić information content (AvgIpc) is 3.00. The van der Waals surface area contributed by atoms with Crippen molar-refractivity contribution in [2.24, 2.45) is 11.8 Å². The third kappa shape index (κ3) is 3.29. The number of piperidine rings is 1. The lowest BCUT2D eigenvalue weighted by Gasteiger charge is -2.23. The smallest absolute Gasteiger partial charge is 0.224 e. The van der Waals surface area contributed by atoms with Gasteiger partial charge in [-0.15, -0.1) is 0 Å². The highest BCUT2D eigenvalue weighted by molar-refractivity contribution is 5.76. The number of fused-ring (bicyclic) bond motifs is 1. The van der Waals surface area contributed by atoms with Gasteiger partial charge in [0.25, 0.3) is 0 Å². The molecule has 1 aliphatic carbocycles. The molecule has 0 radical (unpaired) electrons. The molecular formula is C15H26N2O2. The zero-order valence-corrected chi connectivity index (χ0v) is 11.8. The Kier molecular flexibility index (Phi) is 4.38. The molecule has 2 heterocycles. The first-order valence-corrected chi connectivity index (χ1v) is 7.93. The van der Waals surface area contributed by atoms with Crippen LogP contribution in [0, 0.1) is 11.8 Å². The molecule has 3 aliphatic rings. The largest absolute Gasteiger partial charge is 0.378 e. The lowest BCUT2D eigenvalue weighted by molar-refractivity contribution is -0.132. The van der Waals surface area contributed by atoms with E-state index in [1.54, 1.807) is 0 Å². The maximum atomic E-state index is 12.2. The average molecular weight is 266 g/mol. The second-order valence-corrected chi connectivity index (χ2v) is 6.32. The van der Waals surface area contributed by atoms with E-state index in [0.717, 1.165) is 50.9 Å². The summed E-state index contributed by atoms with van der Waals surface area (Å²) in [7, 11) is 0.